The second-order valence-electron chi connectivity index (χ2n) is 3.89. The van der Waals surface area contributed by atoms with Crippen molar-refractivity contribution in [3.63, 3.8) is 0 Å². The number of allylic oxidation sites excluding steroid dienone is 6. The van der Waals surface area contributed by atoms with Gasteiger partial charge in [0.25, 0.3) is 0 Å². The van der Waals surface area contributed by atoms with Crippen LogP contribution >= 0.6 is 8.20 Å². The van der Waals surface area contributed by atoms with Crippen molar-refractivity contribution in [2.75, 3.05) is 0 Å². The third-order valence-electron chi connectivity index (χ3n) is 2.73. The fraction of sp³-hybridized carbons (Fsp3) is 0.462. The lowest BCUT2D eigenvalue weighted by molar-refractivity contribution is 0.904. The molecule has 0 radical (unpaired) electrons. The van der Waals surface area contributed by atoms with Gasteiger partial charge in [0.2, 0.25) is 0 Å². The number of hydrogen-bond acceptors (Lipinski definition) is 0. The molecule has 0 nitrogen and oxygen atoms in total. The molecule has 0 saturated carbocycles. The maximum absolute atomic E-state index is 2.36. The predicted octanol–water partition coefficient (Wildman–Crippen LogP) is 4.47. The van der Waals surface area contributed by atoms with Crippen LogP contribution in [-0.4, -0.2) is 5.80 Å². The molecular formula is C13H17P. The van der Waals surface area contributed by atoms with Crippen molar-refractivity contribution in [3.8, 4) is 0 Å². The zero-order valence-electron chi connectivity index (χ0n) is 9.01. The topological polar surface area (TPSA) is 0 Å². The second kappa shape index (κ2) is 4.28. The SMILES string of the molecule is CCCC1=CC=C2C=PC(CCC)=C21. The monoisotopic (exact) mass is 204 g/mol. The van der Waals surface area contributed by atoms with Crippen LogP contribution in [0.4, 0.5) is 0 Å². The minimum atomic E-state index is 1.24. The fourth-order valence-electron chi connectivity index (χ4n) is 2.12. The highest BCUT2D eigenvalue weighted by Crippen LogP contribution is 2.42. The van der Waals surface area contributed by atoms with Crippen LogP contribution in [0.2, 0.25) is 0 Å². The number of rotatable bonds is 4. The zero-order chi connectivity index (χ0) is 9.97. The minimum Gasteiger partial charge on any atom is -0.0716 e. The van der Waals surface area contributed by atoms with E-state index >= 15 is 0 Å². The smallest absolute Gasteiger partial charge is 0.00706 e. The molecule has 74 valence electrons. The Morgan fingerprint density at radius 3 is 2.57 bits per heavy atom. The van der Waals surface area contributed by atoms with Crippen LogP contribution in [0.15, 0.2) is 34.2 Å². The molecule has 0 spiro atoms. The molecule has 2 rings (SSSR count). The molecular weight excluding hydrogens is 187 g/mol. The van der Waals surface area contributed by atoms with E-state index in [9.17, 15) is 0 Å². The molecule has 0 aromatic rings. The van der Waals surface area contributed by atoms with Gasteiger partial charge in [-0.2, -0.15) is 0 Å². The molecule has 0 atom stereocenters. The summed E-state index contributed by atoms with van der Waals surface area (Å²) in [4.78, 5) is 0. The van der Waals surface area contributed by atoms with Gasteiger partial charge in [-0.1, -0.05) is 47.0 Å². The quantitative estimate of drug-likeness (QED) is 0.593. The van der Waals surface area contributed by atoms with Gasteiger partial charge in [0.1, 0.15) is 0 Å². The molecule has 0 saturated heterocycles. The average Bonchev–Trinajstić information content (AvgIpc) is 2.72. The Balaban J connectivity index is 2.25. The van der Waals surface area contributed by atoms with E-state index in [0.29, 0.717) is 0 Å². The Kier molecular flexibility index (Phi) is 3.03. The fourth-order valence-corrected chi connectivity index (χ4v) is 3.38. The molecule has 1 aliphatic carbocycles. The highest BCUT2D eigenvalue weighted by Gasteiger charge is 2.20. The van der Waals surface area contributed by atoms with Gasteiger partial charge in [0.05, 0.1) is 0 Å². The summed E-state index contributed by atoms with van der Waals surface area (Å²) in [5, 5.41) is 1.65. The zero-order valence-corrected chi connectivity index (χ0v) is 9.90. The molecule has 0 amide bonds. The summed E-state index contributed by atoms with van der Waals surface area (Å²) < 4.78 is 0. The first-order valence-electron chi connectivity index (χ1n) is 5.55. The largest absolute Gasteiger partial charge is 0.0716 e. The first kappa shape index (κ1) is 9.93. The summed E-state index contributed by atoms with van der Waals surface area (Å²) in [6.45, 7) is 4.53. The third-order valence-corrected chi connectivity index (χ3v) is 3.89. The van der Waals surface area contributed by atoms with E-state index in [1.807, 2.05) is 0 Å². The summed E-state index contributed by atoms with van der Waals surface area (Å²) in [6.07, 6.45) is 9.64. The summed E-state index contributed by atoms with van der Waals surface area (Å²) in [7, 11) is 1.45. The first-order valence-corrected chi connectivity index (χ1v) is 6.52. The first-order chi connectivity index (χ1) is 6.86. The molecule has 0 aromatic heterocycles. The molecule has 1 heterocycles. The lowest BCUT2D eigenvalue weighted by Crippen LogP contribution is -1.89. The molecule has 1 aliphatic heterocycles. The Bertz CT molecular complexity index is 353. The molecule has 0 unspecified atom stereocenters. The van der Waals surface area contributed by atoms with E-state index in [4.69, 9.17) is 0 Å². The summed E-state index contributed by atoms with van der Waals surface area (Å²) in [5.41, 5.74) is 4.65. The van der Waals surface area contributed by atoms with Crippen molar-refractivity contribution in [1.29, 1.82) is 0 Å². The van der Waals surface area contributed by atoms with E-state index in [0.717, 1.165) is 0 Å². The van der Waals surface area contributed by atoms with E-state index in [1.165, 1.54) is 39.5 Å². The highest BCUT2D eigenvalue weighted by atomic mass is 31.1. The molecule has 0 N–H and O–H groups in total. The molecule has 0 aromatic carbocycles. The van der Waals surface area contributed by atoms with Crippen LogP contribution in [0.1, 0.15) is 39.5 Å². The van der Waals surface area contributed by atoms with Gasteiger partial charge in [0, 0.05) is 0 Å². The van der Waals surface area contributed by atoms with Crippen molar-refractivity contribution in [1.82, 2.24) is 0 Å². The van der Waals surface area contributed by atoms with Gasteiger partial charge in [-0.15, -0.1) is 0 Å². The van der Waals surface area contributed by atoms with E-state index in [2.05, 4.69) is 31.8 Å². The van der Waals surface area contributed by atoms with Crippen LogP contribution < -0.4 is 0 Å². The van der Waals surface area contributed by atoms with Crippen LogP contribution in [-0.2, 0) is 0 Å². The van der Waals surface area contributed by atoms with Crippen LogP contribution in [0.3, 0.4) is 0 Å². The van der Waals surface area contributed by atoms with Gasteiger partial charge >= 0.3 is 0 Å². The van der Waals surface area contributed by atoms with E-state index in [1.54, 1.807) is 16.5 Å². The van der Waals surface area contributed by atoms with Crippen molar-refractivity contribution in [2.24, 2.45) is 0 Å². The lowest BCUT2D eigenvalue weighted by Gasteiger charge is -2.07. The normalized spacial score (nSPS) is 19.9. The lowest BCUT2D eigenvalue weighted by atomic mass is 9.99. The van der Waals surface area contributed by atoms with Crippen molar-refractivity contribution < 1.29 is 0 Å². The average molecular weight is 204 g/mol. The van der Waals surface area contributed by atoms with Crippen LogP contribution in [0.25, 0.3) is 0 Å². The van der Waals surface area contributed by atoms with Crippen LogP contribution in [0, 0.1) is 0 Å². The van der Waals surface area contributed by atoms with Gasteiger partial charge in [-0.05, 0) is 40.7 Å². The maximum Gasteiger partial charge on any atom is -0.00706 e. The summed E-state index contributed by atoms with van der Waals surface area (Å²) >= 11 is 0. The summed E-state index contributed by atoms with van der Waals surface area (Å²) in [6, 6.07) is 0. The number of fused-ring (bicyclic) bond motifs is 1. The van der Waals surface area contributed by atoms with Gasteiger partial charge in [-0.25, -0.2) is 0 Å². The Morgan fingerprint density at radius 2 is 1.86 bits per heavy atom. The van der Waals surface area contributed by atoms with Crippen molar-refractivity contribution in [2.45, 2.75) is 39.5 Å². The van der Waals surface area contributed by atoms with Gasteiger partial charge in [0.15, 0.2) is 0 Å². The van der Waals surface area contributed by atoms with Crippen molar-refractivity contribution >= 4 is 14.0 Å². The standard InChI is InChI=1S/C13H17P/c1-3-5-10-7-8-11-9-14-12(6-4-2)13(10)11/h7-9H,3-6H2,1-2H3. The Labute approximate surface area is 88.2 Å². The summed E-state index contributed by atoms with van der Waals surface area (Å²) in [5.74, 6) is 2.36. The molecule has 1 heteroatoms. The Morgan fingerprint density at radius 1 is 1.07 bits per heavy atom. The second-order valence-corrected chi connectivity index (χ2v) is 4.95. The predicted molar refractivity (Wildman–Crippen MR) is 66.0 cm³/mol. The maximum atomic E-state index is 2.36. The Hall–Kier alpha value is -0.610. The molecule has 0 bridgehead atoms. The van der Waals surface area contributed by atoms with Crippen molar-refractivity contribution in [3.05, 3.63) is 34.2 Å². The third kappa shape index (κ3) is 1.64. The molecule has 0 fully saturated rings. The van der Waals surface area contributed by atoms with Gasteiger partial charge in [-0.3, -0.25) is 0 Å². The van der Waals surface area contributed by atoms with Gasteiger partial charge < -0.3 is 0 Å². The van der Waals surface area contributed by atoms with E-state index in [-0.39, 0.29) is 0 Å². The van der Waals surface area contributed by atoms with E-state index < -0.39 is 0 Å². The van der Waals surface area contributed by atoms with Crippen LogP contribution in [0.5, 0.6) is 0 Å². The highest BCUT2D eigenvalue weighted by molar-refractivity contribution is 7.44. The minimum absolute atomic E-state index is 1.24. The number of hydrogen-bond donors (Lipinski definition) is 0. The molecule has 14 heavy (non-hydrogen) atoms. The molecule has 2 aliphatic rings.